The van der Waals surface area contributed by atoms with Crippen molar-refractivity contribution >= 4 is 0 Å². The molecular formula is C13H27NO3. The van der Waals surface area contributed by atoms with Crippen molar-refractivity contribution in [2.24, 2.45) is 0 Å². The molecule has 0 aliphatic carbocycles. The summed E-state index contributed by atoms with van der Waals surface area (Å²) in [5.41, 5.74) is 0. The van der Waals surface area contributed by atoms with E-state index in [0.29, 0.717) is 6.04 Å². The molecule has 1 aliphatic heterocycles. The second kappa shape index (κ2) is 9.83. The van der Waals surface area contributed by atoms with Gasteiger partial charge >= 0.3 is 0 Å². The average molecular weight is 245 g/mol. The van der Waals surface area contributed by atoms with Gasteiger partial charge in [0.2, 0.25) is 0 Å². The van der Waals surface area contributed by atoms with E-state index in [1.54, 1.807) is 7.11 Å². The Labute approximate surface area is 105 Å². The van der Waals surface area contributed by atoms with Crippen LogP contribution in [0.1, 0.15) is 32.1 Å². The Kier molecular flexibility index (Phi) is 8.61. The van der Waals surface area contributed by atoms with Crippen LogP contribution in [-0.4, -0.2) is 62.7 Å². The first kappa shape index (κ1) is 14.9. The molecule has 1 rings (SSSR count). The van der Waals surface area contributed by atoms with E-state index >= 15 is 0 Å². The molecular weight excluding hydrogens is 218 g/mol. The quantitative estimate of drug-likeness (QED) is 0.654. The van der Waals surface area contributed by atoms with E-state index in [1.165, 1.54) is 19.3 Å². The number of methoxy groups -OCH3 is 1. The number of ether oxygens (including phenoxy) is 2. The van der Waals surface area contributed by atoms with E-state index in [1.807, 2.05) is 0 Å². The number of hydrogen-bond acceptors (Lipinski definition) is 4. The highest BCUT2D eigenvalue weighted by molar-refractivity contribution is 4.74. The molecule has 0 radical (unpaired) electrons. The Bertz CT molecular complexity index is 178. The molecule has 1 atom stereocenters. The molecule has 0 aromatic rings. The molecule has 1 unspecified atom stereocenters. The molecule has 0 spiro atoms. The molecule has 0 aromatic heterocycles. The minimum Gasteiger partial charge on any atom is -0.395 e. The lowest BCUT2D eigenvalue weighted by atomic mass is 10.1. The highest BCUT2D eigenvalue weighted by Gasteiger charge is 2.19. The van der Waals surface area contributed by atoms with Crippen LogP contribution >= 0.6 is 0 Å². The normalized spacial score (nSPS) is 22.6. The van der Waals surface area contributed by atoms with Crippen LogP contribution in [0.15, 0.2) is 0 Å². The van der Waals surface area contributed by atoms with Gasteiger partial charge in [-0.3, -0.25) is 4.90 Å². The van der Waals surface area contributed by atoms with Gasteiger partial charge in [0.05, 0.1) is 13.2 Å². The standard InChI is InChI=1S/C13H27NO3/c1-16-9-5-10-17-11-8-14-7-4-2-3-6-13(14)12-15/h13,15H,2-12H2,1H3. The van der Waals surface area contributed by atoms with Crippen molar-refractivity contribution in [3.05, 3.63) is 0 Å². The van der Waals surface area contributed by atoms with Crippen LogP contribution in [0, 0.1) is 0 Å². The Balaban J connectivity index is 2.10. The van der Waals surface area contributed by atoms with Gasteiger partial charge < -0.3 is 14.6 Å². The van der Waals surface area contributed by atoms with Gasteiger partial charge in [0.1, 0.15) is 0 Å². The lowest BCUT2D eigenvalue weighted by Crippen LogP contribution is -2.39. The summed E-state index contributed by atoms with van der Waals surface area (Å²) in [6, 6.07) is 0.347. The lowest BCUT2D eigenvalue weighted by molar-refractivity contribution is 0.0593. The highest BCUT2D eigenvalue weighted by atomic mass is 16.5. The van der Waals surface area contributed by atoms with E-state index in [9.17, 15) is 5.11 Å². The number of aliphatic hydroxyl groups is 1. The van der Waals surface area contributed by atoms with Crippen molar-refractivity contribution in [2.75, 3.05) is 46.6 Å². The van der Waals surface area contributed by atoms with Crippen LogP contribution in [0.25, 0.3) is 0 Å². The molecule has 0 amide bonds. The molecule has 1 N–H and O–H groups in total. The monoisotopic (exact) mass is 245 g/mol. The third kappa shape index (κ3) is 6.36. The van der Waals surface area contributed by atoms with Crippen molar-refractivity contribution in [1.29, 1.82) is 0 Å². The van der Waals surface area contributed by atoms with E-state index in [0.717, 1.165) is 45.8 Å². The van der Waals surface area contributed by atoms with Crippen molar-refractivity contribution in [3.63, 3.8) is 0 Å². The van der Waals surface area contributed by atoms with Gasteiger partial charge in [-0.25, -0.2) is 0 Å². The summed E-state index contributed by atoms with van der Waals surface area (Å²) >= 11 is 0. The summed E-state index contributed by atoms with van der Waals surface area (Å²) < 4.78 is 10.5. The van der Waals surface area contributed by atoms with Crippen molar-refractivity contribution in [3.8, 4) is 0 Å². The Morgan fingerprint density at radius 2 is 2.06 bits per heavy atom. The van der Waals surface area contributed by atoms with Gasteiger partial charge in [0.25, 0.3) is 0 Å². The number of rotatable bonds is 8. The first-order valence-electron chi connectivity index (χ1n) is 6.80. The summed E-state index contributed by atoms with van der Waals surface area (Å²) in [7, 11) is 1.71. The summed E-state index contributed by atoms with van der Waals surface area (Å²) in [4.78, 5) is 2.38. The predicted octanol–water partition coefficient (Wildman–Crippen LogP) is 1.28. The van der Waals surface area contributed by atoms with E-state index in [4.69, 9.17) is 9.47 Å². The van der Waals surface area contributed by atoms with Crippen LogP contribution < -0.4 is 0 Å². The third-order valence-corrected chi connectivity index (χ3v) is 3.37. The number of likely N-dealkylation sites (tertiary alicyclic amines) is 1. The molecule has 4 heteroatoms. The molecule has 17 heavy (non-hydrogen) atoms. The van der Waals surface area contributed by atoms with Gasteiger partial charge in [0.15, 0.2) is 0 Å². The largest absolute Gasteiger partial charge is 0.395 e. The first-order chi connectivity index (χ1) is 8.38. The van der Waals surface area contributed by atoms with Gasteiger partial charge in [-0.2, -0.15) is 0 Å². The minimum atomic E-state index is 0.281. The van der Waals surface area contributed by atoms with Crippen molar-refractivity contribution in [2.45, 2.75) is 38.1 Å². The van der Waals surface area contributed by atoms with Gasteiger partial charge in [-0.15, -0.1) is 0 Å². The second-order valence-electron chi connectivity index (χ2n) is 4.68. The molecule has 1 aliphatic rings. The fourth-order valence-corrected chi connectivity index (χ4v) is 2.33. The van der Waals surface area contributed by atoms with Crippen LogP contribution in [0.5, 0.6) is 0 Å². The molecule has 0 aromatic carbocycles. The van der Waals surface area contributed by atoms with Crippen molar-refractivity contribution in [1.82, 2.24) is 4.90 Å². The Morgan fingerprint density at radius 3 is 2.82 bits per heavy atom. The Hall–Kier alpha value is -0.160. The van der Waals surface area contributed by atoms with E-state index in [-0.39, 0.29) is 6.61 Å². The number of hydrogen-bond donors (Lipinski definition) is 1. The maximum absolute atomic E-state index is 9.36. The molecule has 102 valence electrons. The molecule has 0 bridgehead atoms. The number of aliphatic hydroxyl groups excluding tert-OH is 1. The Morgan fingerprint density at radius 1 is 1.18 bits per heavy atom. The minimum absolute atomic E-state index is 0.281. The van der Waals surface area contributed by atoms with Crippen LogP contribution in [0.3, 0.4) is 0 Å². The lowest BCUT2D eigenvalue weighted by Gasteiger charge is -2.28. The third-order valence-electron chi connectivity index (χ3n) is 3.37. The van der Waals surface area contributed by atoms with Gasteiger partial charge in [0, 0.05) is 32.9 Å². The molecule has 1 heterocycles. The van der Waals surface area contributed by atoms with Crippen molar-refractivity contribution < 1.29 is 14.6 Å². The average Bonchev–Trinajstić information content (AvgIpc) is 2.58. The maximum atomic E-state index is 9.36. The summed E-state index contributed by atoms with van der Waals surface area (Å²) in [5.74, 6) is 0. The van der Waals surface area contributed by atoms with Gasteiger partial charge in [-0.1, -0.05) is 12.8 Å². The topological polar surface area (TPSA) is 41.9 Å². The number of nitrogens with zero attached hydrogens (tertiary/aromatic N) is 1. The maximum Gasteiger partial charge on any atom is 0.0593 e. The van der Waals surface area contributed by atoms with E-state index < -0.39 is 0 Å². The summed E-state index contributed by atoms with van der Waals surface area (Å²) in [5, 5.41) is 9.36. The molecule has 4 nitrogen and oxygen atoms in total. The zero-order valence-electron chi connectivity index (χ0n) is 11.1. The molecule has 1 fully saturated rings. The predicted molar refractivity (Wildman–Crippen MR) is 68.2 cm³/mol. The first-order valence-corrected chi connectivity index (χ1v) is 6.80. The SMILES string of the molecule is COCCCOCCN1CCCCCC1CO. The summed E-state index contributed by atoms with van der Waals surface area (Å²) in [6.45, 7) is 4.63. The highest BCUT2D eigenvalue weighted by Crippen LogP contribution is 2.15. The van der Waals surface area contributed by atoms with E-state index in [2.05, 4.69) is 4.90 Å². The fraction of sp³-hybridized carbons (Fsp3) is 1.00. The van der Waals surface area contributed by atoms with Crippen LogP contribution in [0.4, 0.5) is 0 Å². The summed E-state index contributed by atoms with van der Waals surface area (Å²) in [6.07, 6.45) is 5.87. The second-order valence-corrected chi connectivity index (χ2v) is 4.68. The molecule has 1 saturated heterocycles. The van der Waals surface area contributed by atoms with Crippen LogP contribution in [0.2, 0.25) is 0 Å². The molecule has 0 saturated carbocycles. The smallest absolute Gasteiger partial charge is 0.0593 e. The zero-order valence-corrected chi connectivity index (χ0v) is 11.1. The fourth-order valence-electron chi connectivity index (χ4n) is 2.33. The van der Waals surface area contributed by atoms with Crippen LogP contribution in [-0.2, 0) is 9.47 Å². The van der Waals surface area contributed by atoms with Gasteiger partial charge in [-0.05, 0) is 25.8 Å². The zero-order chi connectivity index (χ0) is 12.3.